The normalized spacial score (nSPS) is 11.1. The van der Waals surface area contributed by atoms with Gasteiger partial charge in [-0.3, -0.25) is 9.36 Å². The number of thioether (sulfide) groups is 1. The van der Waals surface area contributed by atoms with Crippen molar-refractivity contribution in [1.29, 1.82) is 0 Å². The van der Waals surface area contributed by atoms with Crippen LogP contribution < -0.4 is 5.43 Å². The maximum absolute atomic E-state index is 12.4. The molecule has 1 N–H and O–H groups in total. The summed E-state index contributed by atoms with van der Waals surface area (Å²) in [5.74, 6) is 0.499. The van der Waals surface area contributed by atoms with Gasteiger partial charge in [0.25, 0.3) is 5.91 Å². The molecule has 1 aromatic heterocycles. The number of halogens is 3. The van der Waals surface area contributed by atoms with Gasteiger partial charge in [-0.05, 0) is 30.3 Å². The number of para-hydroxylation sites is 1. The van der Waals surface area contributed by atoms with Gasteiger partial charge in [0.05, 0.1) is 22.0 Å². The summed E-state index contributed by atoms with van der Waals surface area (Å²) in [5, 5.41) is 14.1. The minimum atomic E-state index is -0.290. The van der Waals surface area contributed by atoms with E-state index in [9.17, 15) is 4.79 Å². The number of hydrogen-bond acceptors (Lipinski definition) is 5. The Kier molecular flexibility index (Phi) is 7.82. The monoisotopic (exact) mass is 559 g/mol. The van der Waals surface area contributed by atoms with Crippen LogP contribution in [0.5, 0.6) is 0 Å². The average molecular weight is 561 g/mol. The van der Waals surface area contributed by atoms with Gasteiger partial charge in [-0.25, -0.2) is 5.43 Å². The van der Waals surface area contributed by atoms with Crippen LogP contribution in [0, 0.1) is 0 Å². The highest BCUT2D eigenvalue weighted by Crippen LogP contribution is 2.28. The maximum atomic E-state index is 12.4. The zero-order chi connectivity index (χ0) is 23.2. The Bertz CT molecular complexity index is 1300. The van der Waals surface area contributed by atoms with E-state index in [1.807, 2.05) is 59.2 Å². The highest BCUT2D eigenvalue weighted by Gasteiger charge is 2.17. The summed E-state index contributed by atoms with van der Waals surface area (Å²) < 4.78 is 2.90. The fourth-order valence-corrected chi connectivity index (χ4v) is 4.28. The Morgan fingerprint density at radius 1 is 1.03 bits per heavy atom. The zero-order valence-electron chi connectivity index (χ0n) is 17.0. The van der Waals surface area contributed by atoms with Crippen LogP contribution >= 0.6 is 50.9 Å². The molecule has 0 atom stereocenters. The molecule has 0 aliphatic rings. The minimum absolute atomic E-state index is 0.103. The Hall–Kier alpha value is -2.65. The molecule has 6 nitrogen and oxygen atoms in total. The largest absolute Gasteiger partial charge is 0.272 e. The number of amides is 1. The molecule has 3 aromatic carbocycles. The van der Waals surface area contributed by atoms with Crippen LogP contribution in [0.1, 0.15) is 5.56 Å². The van der Waals surface area contributed by atoms with Gasteiger partial charge in [-0.1, -0.05) is 93.4 Å². The number of nitrogens with one attached hydrogen (secondary N) is 1. The van der Waals surface area contributed by atoms with Crippen molar-refractivity contribution in [3.8, 4) is 17.1 Å². The lowest BCUT2D eigenvalue weighted by atomic mass is 10.2. The van der Waals surface area contributed by atoms with Crippen molar-refractivity contribution in [2.24, 2.45) is 5.10 Å². The Balaban J connectivity index is 1.50. The molecule has 33 heavy (non-hydrogen) atoms. The van der Waals surface area contributed by atoms with Gasteiger partial charge in [-0.15, -0.1) is 10.2 Å². The van der Waals surface area contributed by atoms with E-state index < -0.39 is 0 Å². The first kappa shape index (κ1) is 23.5. The molecule has 10 heteroatoms. The number of hydrazone groups is 1. The van der Waals surface area contributed by atoms with E-state index in [0.29, 0.717) is 26.6 Å². The molecule has 1 heterocycles. The fourth-order valence-electron chi connectivity index (χ4n) is 2.92. The first-order valence-corrected chi connectivity index (χ1v) is 12.2. The molecule has 0 unspecified atom stereocenters. The number of nitrogens with zero attached hydrogens (tertiary/aromatic N) is 4. The lowest BCUT2D eigenvalue weighted by molar-refractivity contribution is -0.118. The Labute approximate surface area is 213 Å². The fraction of sp³-hybridized carbons (Fsp3) is 0.0435. The molecule has 4 rings (SSSR count). The van der Waals surface area contributed by atoms with E-state index in [4.69, 9.17) is 23.2 Å². The number of hydrogen-bond donors (Lipinski definition) is 1. The molecular weight excluding hydrogens is 545 g/mol. The molecule has 166 valence electrons. The molecule has 4 aromatic rings. The van der Waals surface area contributed by atoms with Gasteiger partial charge in [-0.2, -0.15) is 5.10 Å². The van der Waals surface area contributed by atoms with Crippen LogP contribution in [0.4, 0.5) is 0 Å². The number of rotatable bonds is 7. The van der Waals surface area contributed by atoms with Crippen LogP contribution in [0.2, 0.25) is 10.0 Å². The summed E-state index contributed by atoms with van der Waals surface area (Å²) >= 11 is 16.8. The quantitative estimate of drug-likeness (QED) is 0.165. The van der Waals surface area contributed by atoms with Crippen molar-refractivity contribution in [2.45, 2.75) is 5.16 Å². The summed E-state index contributed by atoms with van der Waals surface area (Å²) in [6, 6.07) is 22.8. The lowest BCUT2D eigenvalue weighted by Crippen LogP contribution is -2.20. The molecular formula is C23H16BrCl2N5OS. The van der Waals surface area contributed by atoms with E-state index in [-0.39, 0.29) is 11.7 Å². The van der Waals surface area contributed by atoms with Crippen LogP contribution in [0.25, 0.3) is 17.1 Å². The van der Waals surface area contributed by atoms with Crippen molar-refractivity contribution in [3.05, 3.63) is 92.9 Å². The van der Waals surface area contributed by atoms with Crippen molar-refractivity contribution in [1.82, 2.24) is 20.2 Å². The van der Waals surface area contributed by atoms with Crippen LogP contribution in [0.3, 0.4) is 0 Å². The summed E-state index contributed by atoms with van der Waals surface area (Å²) in [5.41, 5.74) is 4.92. The summed E-state index contributed by atoms with van der Waals surface area (Å²) in [6.45, 7) is 0. The predicted molar refractivity (Wildman–Crippen MR) is 137 cm³/mol. The summed E-state index contributed by atoms with van der Waals surface area (Å²) in [4.78, 5) is 12.4. The van der Waals surface area contributed by atoms with Gasteiger partial charge in [0.15, 0.2) is 11.0 Å². The topological polar surface area (TPSA) is 72.2 Å². The van der Waals surface area contributed by atoms with Gasteiger partial charge in [0.1, 0.15) is 0 Å². The molecule has 0 bridgehead atoms. The van der Waals surface area contributed by atoms with Crippen molar-refractivity contribution < 1.29 is 4.79 Å². The standard InChI is InChI=1S/C23H16BrCl2N5OS/c24-17-11-9-15(10-12-17)22-29-30-23(31(22)18-6-2-1-3-7-18)33-14-20(32)28-27-13-16-5-4-8-19(25)21(16)26/h1-13H,14H2,(H,28,32). The first-order valence-electron chi connectivity index (χ1n) is 9.68. The third-order valence-electron chi connectivity index (χ3n) is 4.46. The lowest BCUT2D eigenvalue weighted by Gasteiger charge is -2.10. The molecule has 1 amide bonds. The number of carbonyl (C=O) groups is 1. The van der Waals surface area contributed by atoms with Crippen molar-refractivity contribution >= 4 is 63.0 Å². The summed E-state index contributed by atoms with van der Waals surface area (Å²) in [6.07, 6.45) is 1.45. The molecule has 0 aliphatic carbocycles. The second kappa shape index (κ2) is 11.0. The Morgan fingerprint density at radius 2 is 1.79 bits per heavy atom. The zero-order valence-corrected chi connectivity index (χ0v) is 20.9. The third kappa shape index (κ3) is 5.83. The minimum Gasteiger partial charge on any atom is -0.272 e. The van der Waals surface area contributed by atoms with Gasteiger partial charge < -0.3 is 0 Å². The SMILES string of the molecule is O=C(CSc1nnc(-c2ccc(Br)cc2)n1-c1ccccc1)NN=Cc1cccc(Cl)c1Cl. The van der Waals surface area contributed by atoms with Crippen LogP contribution in [-0.2, 0) is 4.79 Å². The van der Waals surface area contributed by atoms with Crippen molar-refractivity contribution in [3.63, 3.8) is 0 Å². The molecule has 0 saturated heterocycles. The van der Waals surface area contributed by atoms with Gasteiger partial charge in [0, 0.05) is 21.3 Å². The smallest absolute Gasteiger partial charge is 0.250 e. The maximum Gasteiger partial charge on any atom is 0.250 e. The van der Waals surface area contributed by atoms with Crippen molar-refractivity contribution in [2.75, 3.05) is 5.75 Å². The van der Waals surface area contributed by atoms with Crippen LogP contribution in [-0.4, -0.2) is 32.6 Å². The first-order chi connectivity index (χ1) is 16.0. The second-order valence-corrected chi connectivity index (χ2v) is 9.35. The molecule has 0 saturated carbocycles. The highest BCUT2D eigenvalue weighted by molar-refractivity contribution is 9.10. The van der Waals surface area contributed by atoms with Gasteiger partial charge >= 0.3 is 0 Å². The molecule has 0 fully saturated rings. The number of benzene rings is 3. The van der Waals surface area contributed by atoms with E-state index in [1.165, 1.54) is 18.0 Å². The highest BCUT2D eigenvalue weighted by atomic mass is 79.9. The van der Waals surface area contributed by atoms with E-state index >= 15 is 0 Å². The van der Waals surface area contributed by atoms with E-state index in [0.717, 1.165) is 15.7 Å². The summed E-state index contributed by atoms with van der Waals surface area (Å²) in [7, 11) is 0. The third-order valence-corrected chi connectivity index (χ3v) is 6.75. The number of carbonyl (C=O) groups excluding carboxylic acids is 1. The van der Waals surface area contributed by atoms with Gasteiger partial charge in [0.2, 0.25) is 0 Å². The van der Waals surface area contributed by atoms with Crippen LogP contribution in [0.15, 0.2) is 87.5 Å². The second-order valence-electron chi connectivity index (χ2n) is 6.71. The molecule has 0 radical (unpaired) electrons. The predicted octanol–water partition coefficient (Wildman–Crippen LogP) is 6.25. The van der Waals surface area contributed by atoms with E-state index in [2.05, 4.69) is 36.7 Å². The average Bonchev–Trinajstić information content (AvgIpc) is 3.25. The van der Waals surface area contributed by atoms with E-state index in [1.54, 1.807) is 18.2 Å². The number of aromatic nitrogens is 3. The Morgan fingerprint density at radius 3 is 2.55 bits per heavy atom. The molecule has 0 spiro atoms. The molecule has 0 aliphatic heterocycles.